The van der Waals surface area contributed by atoms with E-state index in [1.807, 2.05) is 0 Å². The largest absolute Gasteiger partial charge is 0.0622 e. The summed E-state index contributed by atoms with van der Waals surface area (Å²) < 4.78 is 0. The van der Waals surface area contributed by atoms with Crippen molar-refractivity contribution >= 4 is 21.5 Å². The van der Waals surface area contributed by atoms with Gasteiger partial charge < -0.3 is 0 Å². The van der Waals surface area contributed by atoms with Crippen molar-refractivity contribution in [3.8, 4) is 44.5 Å². The van der Waals surface area contributed by atoms with Crippen LogP contribution in [0.3, 0.4) is 0 Å². The van der Waals surface area contributed by atoms with Crippen molar-refractivity contribution in [1.82, 2.24) is 0 Å². The van der Waals surface area contributed by atoms with Crippen LogP contribution in [0.1, 0.15) is 5.56 Å². The Morgan fingerprint density at radius 1 is 0.394 bits per heavy atom. The molecule has 0 aliphatic heterocycles. The summed E-state index contributed by atoms with van der Waals surface area (Å²) in [5, 5.41) is 5.29. The molecular weight excluding hydrogens is 396 g/mol. The lowest BCUT2D eigenvalue weighted by atomic mass is 9.82. The van der Waals surface area contributed by atoms with Gasteiger partial charge in [-0.15, -0.1) is 0 Å². The number of hydrogen-bond acceptors (Lipinski definition) is 0. The molecule has 0 heterocycles. The molecule has 33 heavy (non-hydrogen) atoms. The predicted molar refractivity (Wildman–Crippen MR) is 141 cm³/mol. The summed E-state index contributed by atoms with van der Waals surface area (Å²) in [5.74, 6) is 0. The van der Waals surface area contributed by atoms with Crippen molar-refractivity contribution in [1.29, 1.82) is 0 Å². The maximum atomic E-state index is 2.30. The van der Waals surface area contributed by atoms with Crippen molar-refractivity contribution < 1.29 is 0 Å². The average Bonchev–Trinajstić information content (AvgIpc) is 3.20. The lowest BCUT2D eigenvalue weighted by Gasteiger charge is -2.20. The van der Waals surface area contributed by atoms with Gasteiger partial charge in [0, 0.05) is 0 Å². The minimum absolute atomic E-state index is 1.27. The summed E-state index contributed by atoms with van der Waals surface area (Å²) in [5.41, 5.74) is 11.9. The topological polar surface area (TPSA) is 0 Å². The average molecular weight is 419 g/mol. The SMILES string of the molecule is Cc1ccc(-c2c3c(c(-c4ccccc4)c4ccccc24)-c2cccc4cccc-3c24)cc1. The van der Waals surface area contributed by atoms with Gasteiger partial charge in [-0.3, -0.25) is 0 Å². The Kier molecular flexibility index (Phi) is 3.86. The molecule has 7 rings (SSSR count). The summed E-state index contributed by atoms with van der Waals surface area (Å²) in [6.07, 6.45) is 0. The molecule has 0 saturated carbocycles. The summed E-state index contributed by atoms with van der Waals surface area (Å²) >= 11 is 0. The third kappa shape index (κ3) is 2.58. The molecule has 6 aromatic rings. The highest BCUT2D eigenvalue weighted by atomic mass is 14.3. The molecule has 0 atom stereocenters. The Hall–Kier alpha value is -4.16. The lowest BCUT2D eigenvalue weighted by molar-refractivity contribution is 1.47. The molecule has 0 aromatic heterocycles. The highest BCUT2D eigenvalue weighted by Crippen LogP contribution is 2.57. The summed E-state index contributed by atoms with van der Waals surface area (Å²) in [7, 11) is 0. The van der Waals surface area contributed by atoms with E-state index in [9.17, 15) is 0 Å². The second kappa shape index (κ2) is 6.92. The van der Waals surface area contributed by atoms with E-state index in [0.717, 1.165) is 0 Å². The second-order valence-electron chi connectivity index (χ2n) is 8.99. The van der Waals surface area contributed by atoms with Crippen molar-refractivity contribution in [3.63, 3.8) is 0 Å². The molecule has 0 heteroatoms. The zero-order valence-electron chi connectivity index (χ0n) is 18.5. The first kappa shape index (κ1) is 18.4. The van der Waals surface area contributed by atoms with E-state index in [2.05, 4.69) is 122 Å². The van der Waals surface area contributed by atoms with E-state index in [1.165, 1.54) is 71.6 Å². The normalized spacial score (nSPS) is 11.8. The van der Waals surface area contributed by atoms with Crippen molar-refractivity contribution in [3.05, 3.63) is 121 Å². The molecule has 0 N–H and O–H groups in total. The van der Waals surface area contributed by atoms with E-state index >= 15 is 0 Å². The van der Waals surface area contributed by atoms with Crippen LogP contribution >= 0.6 is 0 Å². The highest BCUT2D eigenvalue weighted by molar-refractivity contribution is 6.27. The maximum absolute atomic E-state index is 2.30. The first-order chi connectivity index (χ1) is 16.3. The fourth-order valence-corrected chi connectivity index (χ4v) is 5.66. The van der Waals surface area contributed by atoms with Gasteiger partial charge in [-0.2, -0.15) is 0 Å². The molecule has 0 nitrogen and oxygen atoms in total. The van der Waals surface area contributed by atoms with Gasteiger partial charge >= 0.3 is 0 Å². The number of hydrogen-bond donors (Lipinski definition) is 0. The lowest BCUT2D eigenvalue weighted by Crippen LogP contribution is -1.93. The third-order valence-electron chi connectivity index (χ3n) is 7.06. The number of aryl methyl sites for hydroxylation is 1. The summed E-state index contributed by atoms with van der Waals surface area (Å²) in [4.78, 5) is 0. The quantitative estimate of drug-likeness (QED) is 0.262. The Labute approximate surface area is 193 Å². The minimum Gasteiger partial charge on any atom is -0.0622 e. The van der Waals surface area contributed by atoms with E-state index in [4.69, 9.17) is 0 Å². The molecule has 0 saturated heterocycles. The third-order valence-corrected chi connectivity index (χ3v) is 7.06. The fourth-order valence-electron chi connectivity index (χ4n) is 5.66. The van der Waals surface area contributed by atoms with Crippen LogP contribution < -0.4 is 0 Å². The maximum Gasteiger partial charge on any atom is -0.000742 e. The van der Waals surface area contributed by atoms with Gasteiger partial charge in [0.2, 0.25) is 0 Å². The zero-order chi connectivity index (χ0) is 21.9. The van der Waals surface area contributed by atoms with Crippen LogP contribution in [0.2, 0.25) is 0 Å². The molecule has 0 radical (unpaired) electrons. The van der Waals surface area contributed by atoms with E-state index in [1.54, 1.807) is 0 Å². The van der Waals surface area contributed by atoms with E-state index in [-0.39, 0.29) is 0 Å². The number of benzene rings is 6. The number of fused-ring (bicyclic) bond motifs is 4. The van der Waals surface area contributed by atoms with Crippen LogP contribution in [-0.2, 0) is 0 Å². The van der Waals surface area contributed by atoms with Gasteiger partial charge in [0.1, 0.15) is 0 Å². The van der Waals surface area contributed by atoms with Crippen molar-refractivity contribution in [2.24, 2.45) is 0 Å². The smallest absolute Gasteiger partial charge is 0.000742 e. The summed E-state index contributed by atoms with van der Waals surface area (Å²) in [6.45, 7) is 2.15. The Bertz CT molecular complexity index is 1680. The molecule has 0 bridgehead atoms. The van der Waals surface area contributed by atoms with Crippen LogP contribution in [0.15, 0.2) is 115 Å². The Balaban J connectivity index is 1.76. The zero-order valence-corrected chi connectivity index (χ0v) is 18.5. The molecule has 0 spiro atoms. The molecule has 1 aliphatic carbocycles. The molecule has 0 fully saturated rings. The molecule has 0 unspecified atom stereocenters. The molecule has 1 aliphatic rings. The van der Waals surface area contributed by atoms with Gasteiger partial charge in [0.15, 0.2) is 0 Å². The van der Waals surface area contributed by atoms with E-state index in [0.29, 0.717) is 0 Å². The van der Waals surface area contributed by atoms with Crippen molar-refractivity contribution in [2.45, 2.75) is 6.92 Å². The van der Waals surface area contributed by atoms with Crippen molar-refractivity contribution in [2.75, 3.05) is 0 Å². The standard InChI is InChI=1S/C33H22/c1-21-17-19-24(20-18-21)31-26-14-6-5-13-25(26)30(23-9-3-2-4-10-23)32-27-15-7-11-22-12-8-16-28(29(22)27)33(31)32/h2-20H,1H3. The molecule has 6 aromatic carbocycles. The van der Waals surface area contributed by atoms with E-state index < -0.39 is 0 Å². The molecule has 154 valence electrons. The first-order valence-corrected chi connectivity index (χ1v) is 11.5. The highest BCUT2D eigenvalue weighted by Gasteiger charge is 2.30. The summed E-state index contributed by atoms with van der Waals surface area (Å²) in [6, 6.07) is 42.3. The minimum atomic E-state index is 1.27. The van der Waals surface area contributed by atoms with Crippen LogP contribution in [0, 0.1) is 6.92 Å². The number of rotatable bonds is 2. The fraction of sp³-hybridized carbons (Fsp3) is 0.0303. The first-order valence-electron chi connectivity index (χ1n) is 11.5. The Morgan fingerprint density at radius 2 is 0.909 bits per heavy atom. The van der Waals surface area contributed by atoms with Gasteiger partial charge in [-0.05, 0) is 73.0 Å². The van der Waals surface area contributed by atoms with Crippen LogP contribution in [0.25, 0.3) is 66.1 Å². The monoisotopic (exact) mass is 418 g/mol. The predicted octanol–water partition coefficient (Wildman–Crippen LogP) is 9.28. The molecule has 0 amide bonds. The van der Waals surface area contributed by atoms with Gasteiger partial charge in [-0.25, -0.2) is 0 Å². The van der Waals surface area contributed by atoms with Gasteiger partial charge in [0.25, 0.3) is 0 Å². The van der Waals surface area contributed by atoms with Gasteiger partial charge in [-0.1, -0.05) is 121 Å². The van der Waals surface area contributed by atoms with Gasteiger partial charge in [0.05, 0.1) is 0 Å². The second-order valence-corrected chi connectivity index (χ2v) is 8.99. The Morgan fingerprint density at radius 3 is 1.48 bits per heavy atom. The van der Waals surface area contributed by atoms with Crippen LogP contribution in [0.5, 0.6) is 0 Å². The van der Waals surface area contributed by atoms with Crippen LogP contribution in [-0.4, -0.2) is 0 Å². The molecular formula is C33H22. The van der Waals surface area contributed by atoms with Crippen LogP contribution in [0.4, 0.5) is 0 Å².